The molecule has 3 heterocycles. The Bertz CT molecular complexity index is 1450. The first kappa shape index (κ1) is 24.2. The smallest absolute Gasteiger partial charge is 0.237 e. The largest absolute Gasteiger partial charge is 0.486 e. The summed E-state index contributed by atoms with van der Waals surface area (Å²) in [6, 6.07) is 17.1. The monoisotopic (exact) mass is 516 g/mol. The van der Waals surface area contributed by atoms with Crippen LogP contribution < -0.4 is 24.8 Å². The fourth-order valence-corrected chi connectivity index (χ4v) is 5.02. The van der Waals surface area contributed by atoms with Gasteiger partial charge in [-0.2, -0.15) is 5.10 Å². The molecular formula is C29H29FN4O4. The molecule has 9 heteroatoms. The molecule has 6 rings (SSSR count). The van der Waals surface area contributed by atoms with Gasteiger partial charge in [0, 0.05) is 5.39 Å². The molecule has 0 bridgehead atoms. The number of carbonyl (C=O) groups is 1. The van der Waals surface area contributed by atoms with Crippen LogP contribution in [0.15, 0.2) is 66.9 Å². The van der Waals surface area contributed by atoms with Crippen molar-refractivity contribution in [1.82, 2.24) is 20.4 Å². The molecule has 0 saturated carbocycles. The van der Waals surface area contributed by atoms with Crippen LogP contribution in [0, 0.1) is 5.82 Å². The lowest BCUT2D eigenvalue weighted by molar-refractivity contribution is -0.124. The Morgan fingerprint density at radius 3 is 2.71 bits per heavy atom. The molecule has 2 aliphatic heterocycles. The van der Waals surface area contributed by atoms with E-state index in [4.69, 9.17) is 14.2 Å². The Hall–Kier alpha value is -4.11. The number of fused-ring (bicyclic) bond motifs is 2. The normalized spacial score (nSPS) is 18.2. The topological polar surface area (TPSA) is 86.6 Å². The van der Waals surface area contributed by atoms with Gasteiger partial charge in [0.05, 0.1) is 29.5 Å². The molecule has 38 heavy (non-hydrogen) atoms. The fourth-order valence-electron chi connectivity index (χ4n) is 5.02. The highest BCUT2D eigenvalue weighted by atomic mass is 19.1. The van der Waals surface area contributed by atoms with E-state index in [1.165, 1.54) is 12.1 Å². The molecule has 8 nitrogen and oxygen atoms in total. The molecule has 3 aromatic carbocycles. The van der Waals surface area contributed by atoms with Gasteiger partial charge in [0.2, 0.25) is 5.91 Å². The first-order chi connectivity index (χ1) is 18.5. The van der Waals surface area contributed by atoms with E-state index in [1.807, 2.05) is 43.3 Å². The highest BCUT2D eigenvalue weighted by Gasteiger charge is 2.29. The molecule has 3 atom stereocenters. The third-order valence-corrected chi connectivity index (χ3v) is 6.97. The molecule has 4 aromatic rings. The SMILES string of the molecule is CC(NC(=O)[C@@H]1CCCN1)[C@H](Oc1ccc2c(cnn2-c2ccc(F)cc2)c1)c1ccc2c(c1)OCCO2. The first-order valence-electron chi connectivity index (χ1n) is 12.9. The Morgan fingerprint density at radius 1 is 1.11 bits per heavy atom. The van der Waals surface area contributed by atoms with Crippen LogP contribution in [-0.2, 0) is 4.79 Å². The molecule has 1 unspecified atom stereocenters. The van der Waals surface area contributed by atoms with Gasteiger partial charge in [-0.25, -0.2) is 9.07 Å². The maximum atomic E-state index is 13.4. The molecular weight excluding hydrogens is 487 g/mol. The number of aromatic nitrogens is 2. The Labute approximate surface area is 219 Å². The molecule has 1 aromatic heterocycles. The molecule has 196 valence electrons. The maximum absolute atomic E-state index is 13.4. The van der Waals surface area contributed by atoms with E-state index in [-0.39, 0.29) is 23.8 Å². The number of ether oxygens (including phenoxy) is 3. The van der Waals surface area contributed by atoms with Gasteiger partial charge >= 0.3 is 0 Å². The predicted molar refractivity (Wildman–Crippen MR) is 140 cm³/mol. The summed E-state index contributed by atoms with van der Waals surface area (Å²) in [7, 11) is 0. The van der Waals surface area contributed by atoms with Crippen LogP contribution in [0.2, 0.25) is 0 Å². The van der Waals surface area contributed by atoms with Crippen molar-refractivity contribution in [3.8, 4) is 22.9 Å². The molecule has 2 N–H and O–H groups in total. The van der Waals surface area contributed by atoms with E-state index in [1.54, 1.807) is 23.0 Å². The van der Waals surface area contributed by atoms with E-state index in [0.29, 0.717) is 30.5 Å². The zero-order valence-corrected chi connectivity index (χ0v) is 21.0. The molecule has 0 spiro atoms. The number of nitrogens with zero attached hydrogens (tertiary/aromatic N) is 2. The average molecular weight is 517 g/mol. The zero-order chi connectivity index (χ0) is 26.1. The van der Waals surface area contributed by atoms with E-state index in [2.05, 4.69) is 15.7 Å². The van der Waals surface area contributed by atoms with Crippen LogP contribution in [0.5, 0.6) is 17.2 Å². The highest BCUT2D eigenvalue weighted by Crippen LogP contribution is 2.36. The molecule has 1 fully saturated rings. The van der Waals surface area contributed by atoms with Gasteiger partial charge in [0.1, 0.15) is 30.9 Å². The average Bonchev–Trinajstić information content (AvgIpc) is 3.62. The van der Waals surface area contributed by atoms with Crippen molar-refractivity contribution >= 4 is 16.8 Å². The number of nitrogens with one attached hydrogen (secondary N) is 2. The van der Waals surface area contributed by atoms with E-state index >= 15 is 0 Å². The lowest BCUT2D eigenvalue weighted by Crippen LogP contribution is -2.47. The Kier molecular flexibility index (Phi) is 6.59. The minimum Gasteiger partial charge on any atom is -0.486 e. The van der Waals surface area contributed by atoms with Crippen LogP contribution in [-0.4, -0.2) is 47.5 Å². The van der Waals surface area contributed by atoms with Crippen molar-refractivity contribution in [2.45, 2.75) is 38.0 Å². The second-order valence-corrected chi connectivity index (χ2v) is 9.64. The van der Waals surface area contributed by atoms with Crippen molar-refractivity contribution in [2.24, 2.45) is 0 Å². The molecule has 2 aliphatic rings. The highest BCUT2D eigenvalue weighted by molar-refractivity contribution is 5.83. The lowest BCUT2D eigenvalue weighted by Gasteiger charge is -2.28. The zero-order valence-electron chi connectivity index (χ0n) is 21.0. The standard InChI is InChI=1S/C29H29FN4O4/c1-18(33-29(35)24-3-2-12-31-24)28(19-4-11-26-27(16-19)37-14-13-36-26)38-23-9-10-25-20(15-23)17-32-34(25)22-7-5-21(30)6-8-22/h4-11,15-18,24,28,31H,2-3,12-14H2,1H3,(H,33,35)/t18?,24-,28-/m0/s1. The number of rotatable bonds is 7. The van der Waals surface area contributed by atoms with Gasteiger partial charge < -0.3 is 24.8 Å². The summed E-state index contributed by atoms with van der Waals surface area (Å²) in [4.78, 5) is 12.9. The summed E-state index contributed by atoms with van der Waals surface area (Å²) in [6.45, 7) is 3.79. The van der Waals surface area contributed by atoms with Crippen LogP contribution >= 0.6 is 0 Å². The molecule has 0 aliphatic carbocycles. The van der Waals surface area contributed by atoms with Crippen LogP contribution in [0.25, 0.3) is 16.6 Å². The number of benzene rings is 3. The maximum Gasteiger partial charge on any atom is 0.237 e. The predicted octanol–water partition coefficient (Wildman–Crippen LogP) is 4.31. The quantitative estimate of drug-likeness (QED) is 0.381. The Morgan fingerprint density at radius 2 is 1.92 bits per heavy atom. The van der Waals surface area contributed by atoms with Crippen LogP contribution in [0.3, 0.4) is 0 Å². The van der Waals surface area contributed by atoms with Crippen molar-refractivity contribution < 1.29 is 23.4 Å². The second kappa shape index (κ2) is 10.3. The number of hydrogen-bond donors (Lipinski definition) is 2. The lowest BCUT2D eigenvalue weighted by atomic mass is 10.0. The van der Waals surface area contributed by atoms with Crippen molar-refractivity contribution in [1.29, 1.82) is 0 Å². The summed E-state index contributed by atoms with van der Waals surface area (Å²) in [5.74, 6) is 1.67. The van der Waals surface area contributed by atoms with Crippen molar-refractivity contribution in [3.63, 3.8) is 0 Å². The summed E-state index contributed by atoms with van der Waals surface area (Å²) < 4.78 is 33.2. The second-order valence-electron chi connectivity index (χ2n) is 9.64. The van der Waals surface area contributed by atoms with E-state index < -0.39 is 6.10 Å². The van der Waals surface area contributed by atoms with Gasteiger partial charge in [-0.1, -0.05) is 6.07 Å². The number of halogens is 1. The Balaban J connectivity index is 1.29. The first-order valence-corrected chi connectivity index (χ1v) is 12.9. The van der Waals surface area contributed by atoms with Crippen molar-refractivity contribution in [2.75, 3.05) is 19.8 Å². The van der Waals surface area contributed by atoms with Crippen LogP contribution in [0.4, 0.5) is 4.39 Å². The molecule has 0 radical (unpaired) electrons. The summed E-state index contributed by atoms with van der Waals surface area (Å²) in [5, 5.41) is 11.8. The minimum atomic E-state index is -0.485. The van der Waals surface area contributed by atoms with E-state index in [9.17, 15) is 9.18 Å². The van der Waals surface area contributed by atoms with E-state index in [0.717, 1.165) is 41.5 Å². The number of hydrogen-bond acceptors (Lipinski definition) is 6. The van der Waals surface area contributed by atoms with Gasteiger partial charge in [-0.05, 0) is 86.5 Å². The van der Waals surface area contributed by atoms with Gasteiger partial charge in [0.25, 0.3) is 0 Å². The van der Waals surface area contributed by atoms with Crippen molar-refractivity contribution in [3.05, 3.63) is 78.2 Å². The third kappa shape index (κ3) is 4.89. The van der Waals surface area contributed by atoms with Gasteiger partial charge in [-0.15, -0.1) is 0 Å². The summed E-state index contributed by atoms with van der Waals surface area (Å²) in [5.41, 5.74) is 2.50. The summed E-state index contributed by atoms with van der Waals surface area (Å²) >= 11 is 0. The third-order valence-electron chi connectivity index (χ3n) is 6.97. The molecule has 1 saturated heterocycles. The van der Waals surface area contributed by atoms with Gasteiger partial charge in [-0.3, -0.25) is 4.79 Å². The number of amides is 1. The minimum absolute atomic E-state index is 0.0304. The summed E-state index contributed by atoms with van der Waals surface area (Å²) in [6.07, 6.45) is 3.07. The fraction of sp³-hybridized carbons (Fsp3) is 0.310. The van der Waals surface area contributed by atoms with Crippen LogP contribution in [0.1, 0.15) is 31.4 Å². The molecule has 1 amide bonds. The van der Waals surface area contributed by atoms with Gasteiger partial charge in [0.15, 0.2) is 11.5 Å². The number of carbonyl (C=O) groups excluding carboxylic acids is 1.